The molecule has 0 saturated carbocycles. The number of hydrogen-bond donors (Lipinski definition) is 1. The second kappa shape index (κ2) is 13.8. The summed E-state index contributed by atoms with van der Waals surface area (Å²) in [4.78, 5) is 51.5. The minimum absolute atomic E-state index is 0.0641. The average molecular weight is 657 g/mol. The van der Waals surface area contributed by atoms with Crippen molar-refractivity contribution in [1.82, 2.24) is 4.90 Å². The summed E-state index contributed by atoms with van der Waals surface area (Å²) in [7, 11) is 0. The third-order valence-electron chi connectivity index (χ3n) is 10.4. The fourth-order valence-corrected chi connectivity index (χ4v) is 8.12. The molecule has 0 bridgehead atoms. The van der Waals surface area contributed by atoms with Gasteiger partial charge in [-0.1, -0.05) is 24.3 Å². The Morgan fingerprint density at radius 3 is 2.06 bits per heavy atom. The number of carbonyl (C=O) groups is 3. The van der Waals surface area contributed by atoms with E-state index in [9.17, 15) is 19.5 Å². The summed E-state index contributed by atoms with van der Waals surface area (Å²) in [6.45, 7) is 11.3. The highest BCUT2D eigenvalue weighted by molar-refractivity contribution is 6.07. The SMILES string of the molecule is CCOc1ccc(N2CC=C[C@@]3(C)O[C@]45C=CCN(c6ccc(N(CC)CC)cc6)C(=O)C4N(CCCCCO)C(=O)[C@@H]5[C@H]3C2=O)cc1. The van der Waals surface area contributed by atoms with Crippen molar-refractivity contribution in [2.45, 2.75) is 64.2 Å². The van der Waals surface area contributed by atoms with E-state index in [1.165, 1.54) is 0 Å². The lowest BCUT2D eigenvalue weighted by Crippen LogP contribution is -2.56. The zero-order valence-electron chi connectivity index (χ0n) is 28.5. The summed E-state index contributed by atoms with van der Waals surface area (Å²) in [5, 5.41) is 9.40. The molecule has 5 atom stereocenters. The number of ether oxygens (including phenoxy) is 2. The molecule has 4 aliphatic heterocycles. The average Bonchev–Trinajstić information content (AvgIpc) is 3.35. The zero-order valence-corrected chi connectivity index (χ0v) is 28.5. The number of aliphatic hydroxyl groups excluding tert-OH is 1. The van der Waals surface area contributed by atoms with Crippen LogP contribution >= 0.6 is 0 Å². The maximum absolute atomic E-state index is 14.8. The first kappa shape index (κ1) is 33.7. The molecule has 0 radical (unpaired) electrons. The molecule has 10 nitrogen and oxygen atoms in total. The second-order valence-corrected chi connectivity index (χ2v) is 13.1. The van der Waals surface area contributed by atoms with E-state index < -0.39 is 29.1 Å². The van der Waals surface area contributed by atoms with Crippen molar-refractivity contribution >= 4 is 34.8 Å². The molecule has 256 valence electrons. The van der Waals surface area contributed by atoms with Crippen LogP contribution in [-0.4, -0.2) is 90.9 Å². The van der Waals surface area contributed by atoms with Gasteiger partial charge in [0, 0.05) is 56.4 Å². The third-order valence-corrected chi connectivity index (χ3v) is 10.4. The van der Waals surface area contributed by atoms with Gasteiger partial charge in [0.15, 0.2) is 0 Å². The van der Waals surface area contributed by atoms with Gasteiger partial charge in [0.05, 0.1) is 24.0 Å². The predicted molar refractivity (Wildman–Crippen MR) is 186 cm³/mol. The summed E-state index contributed by atoms with van der Waals surface area (Å²) in [5.74, 6) is -1.71. The molecule has 48 heavy (non-hydrogen) atoms. The summed E-state index contributed by atoms with van der Waals surface area (Å²) in [6.07, 6.45) is 9.56. The van der Waals surface area contributed by atoms with E-state index in [1.807, 2.05) is 86.7 Å². The van der Waals surface area contributed by atoms with Gasteiger partial charge < -0.3 is 34.2 Å². The Labute approximate surface area is 283 Å². The van der Waals surface area contributed by atoms with E-state index >= 15 is 0 Å². The molecule has 0 aromatic heterocycles. The Hall–Kier alpha value is -4.15. The van der Waals surface area contributed by atoms with Crippen molar-refractivity contribution in [2.24, 2.45) is 11.8 Å². The highest BCUT2D eigenvalue weighted by atomic mass is 16.5. The van der Waals surface area contributed by atoms with Gasteiger partial charge in [0.2, 0.25) is 11.8 Å². The fraction of sp³-hybridized carbons (Fsp3) is 0.500. The van der Waals surface area contributed by atoms with Crippen molar-refractivity contribution in [2.75, 3.05) is 60.6 Å². The number of benzene rings is 2. The first-order valence-electron chi connectivity index (χ1n) is 17.4. The van der Waals surface area contributed by atoms with Gasteiger partial charge in [0.1, 0.15) is 17.4 Å². The molecule has 3 amide bonds. The summed E-state index contributed by atoms with van der Waals surface area (Å²) in [5.41, 5.74) is 0.0820. The molecular formula is C38H48N4O6. The Bertz CT molecular complexity index is 1550. The summed E-state index contributed by atoms with van der Waals surface area (Å²) >= 11 is 0. The summed E-state index contributed by atoms with van der Waals surface area (Å²) < 4.78 is 12.6. The first-order chi connectivity index (χ1) is 23.2. The van der Waals surface area contributed by atoms with E-state index in [4.69, 9.17) is 9.47 Å². The lowest BCUT2D eigenvalue weighted by molar-refractivity contribution is -0.144. The number of carbonyl (C=O) groups excluding carboxylic acids is 3. The number of rotatable bonds is 12. The van der Waals surface area contributed by atoms with E-state index in [1.54, 1.807) is 14.7 Å². The number of amides is 3. The topological polar surface area (TPSA) is 103 Å². The molecule has 1 unspecified atom stereocenters. The van der Waals surface area contributed by atoms with Gasteiger partial charge in [0.25, 0.3) is 5.91 Å². The monoisotopic (exact) mass is 656 g/mol. The van der Waals surface area contributed by atoms with E-state index in [-0.39, 0.29) is 24.3 Å². The molecule has 0 aliphatic carbocycles. The molecule has 2 aromatic rings. The fourth-order valence-electron chi connectivity index (χ4n) is 8.12. The predicted octanol–water partition coefficient (Wildman–Crippen LogP) is 4.57. The molecular weight excluding hydrogens is 608 g/mol. The van der Waals surface area contributed by atoms with Gasteiger partial charge in [-0.05, 0) is 95.5 Å². The standard InChI is InChI=1S/C38H48N4O6/c1-5-39(6-2)27-13-15-28(16-14-27)41-25-12-22-38-32(35(45)42(33(38)36(41)46)23-9-8-10-26-43)31-34(44)40(24-11-21-37(31,4)48-38)29-17-19-30(20-18-29)47-7-3/h11-22,31-33,43H,5-10,23-26H2,1-4H3/t31-,32-,33?,37+,38-/m0/s1. The lowest BCUT2D eigenvalue weighted by Gasteiger charge is -2.37. The first-order valence-corrected chi connectivity index (χ1v) is 17.4. The van der Waals surface area contributed by atoms with Gasteiger partial charge >= 0.3 is 0 Å². The van der Waals surface area contributed by atoms with E-state index in [0.717, 1.165) is 24.5 Å². The Balaban J connectivity index is 1.38. The largest absolute Gasteiger partial charge is 0.494 e. The molecule has 2 aromatic carbocycles. The van der Waals surface area contributed by atoms with Crippen molar-refractivity contribution in [3.63, 3.8) is 0 Å². The number of hydrogen-bond acceptors (Lipinski definition) is 7. The van der Waals surface area contributed by atoms with Crippen LogP contribution < -0.4 is 19.4 Å². The van der Waals surface area contributed by atoms with Crippen LogP contribution in [0.2, 0.25) is 0 Å². The van der Waals surface area contributed by atoms with Crippen molar-refractivity contribution in [3.8, 4) is 5.75 Å². The third kappa shape index (κ3) is 5.68. The van der Waals surface area contributed by atoms with Crippen LogP contribution in [0.5, 0.6) is 5.75 Å². The van der Waals surface area contributed by atoms with Crippen molar-refractivity contribution in [1.29, 1.82) is 0 Å². The van der Waals surface area contributed by atoms with Crippen LogP contribution in [0, 0.1) is 11.8 Å². The number of nitrogens with zero attached hydrogens (tertiary/aromatic N) is 4. The molecule has 1 spiro atoms. The normalized spacial score (nSPS) is 27.9. The van der Waals surface area contributed by atoms with Crippen LogP contribution in [0.1, 0.15) is 47.0 Å². The van der Waals surface area contributed by atoms with E-state index in [2.05, 4.69) is 18.7 Å². The van der Waals surface area contributed by atoms with E-state index in [0.29, 0.717) is 56.9 Å². The number of likely N-dealkylation sites (tertiary alicyclic amines) is 1. The quantitative estimate of drug-likeness (QED) is 0.264. The van der Waals surface area contributed by atoms with Gasteiger partial charge in [-0.25, -0.2) is 0 Å². The molecule has 2 fully saturated rings. The molecule has 6 rings (SSSR count). The number of fused-ring (bicyclic) bond motifs is 2. The van der Waals surface area contributed by atoms with Crippen LogP contribution in [0.3, 0.4) is 0 Å². The number of unbranched alkanes of at least 4 members (excludes halogenated alkanes) is 2. The smallest absolute Gasteiger partial charge is 0.253 e. The lowest BCUT2D eigenvalue weighted by atomic mass is 9.74. The number of aliphatic hydroxyl groups is 1. The van der Waals surface area contributed by atoms with Crippen LogP contribution in [-0.2, 0) is 19.1 Å². The molecule has 10 heteroatoms. The number of anilines is 3. The van der Waals surface area contributed by atoms with Crippen LogP contribution in [0.4, 0.5) is 17.1 Å². The van der Waals surface area contributed by atoms with Crippen molar-refractivity contribution in [3.05, 3.63) is 72.8 Å². The molecule has 4 aliphatic rings. The Morgan fingerprint density at radius 2 is 1.44 bits per heavy atom. The Kier molecular flexibility index (Phi) is 9.67. The maximum Gasteiger partial charge on any atom is 0.253 e. The minimum atomic E-state index is -1.33. The minimum Gasteiger partial charge on any atom is -0.494 e. The maximum atomic E-state index is 14.8. The molecule has 4 heterocycles. The Morgan fingerprint density at radius 1 is 0.812 bits per heavy atom. The van der Waals surface area contributed by atoms with Crippen LogP contribution in [0.25, 0.3) is 0 Å². The highest BCUT2D eigenvalue weighted by Crippen LogP contribution is 2.57. The van der Waals surface area contributed by atoms with Gasteiger partial charge in [-0.2, -0.15) is 0 Å². The van der Waals surface area contributed by atoms with Crippen LogP contribution in [0.15, 0.2) is 72.8 Å². The van der Waals surface area contributed by atoms with Gasteiger partial charge in [-0.15, -0.1) is 0 Å². The highest BCUT2D eigenvalue weighted by Gasteiger charge is 2.74. The second-order valence-electron chi connectivity index (χ2n) is 13.1. The van der Waals surface area contributed by atoms with Gasteiger partial charge in [-0.3, -0.25) is 14.4 Å². The van der Waals surface area contributed by atoms with Crippen molar-refractivity contribution < 1.29 is 29.0 Å². The molecule has 2 saturated heterocycles. The zero-order chi connectivity index (χ0) is 34.1. The summed E-state index contributed by atoms with van der Waals surface area (Å²) in [6, 6.07) is 14.4. The molecule has 1 N–H and O–H groups in total.